The zero-order valence-corrected chi connectivity index (χ0v) is 9.02. The Morgan fingerprint density at radius 1 is 1.08 bits per heavy atom. The first-order valence-corrected chi connectivity index (χ1v) is 6.04. The van der Waals surface area contributed by atoms with Gasteiger partial charge in [0.05, 0.1) is 0 Å². The molecule has 0 N–H and O–H groups in total. The third-order valence-corrected chi connectivity index (χ3v) is 4.04. The van der Waals surface area contributed by atoms with E-state index < -0.39 is 0 Å². The molecule has 0 saturated heterocycles. The second-order valence-electron chi connectivity index (χ2n) is 5.64. The van der Waals surface area contributed by atoms with Gasteiger partial charge in [0.25, 0.3) is 0 Å². The Morgan fingerprint density at radius 2 is 1.69 bits per heavy atom. The van der Waals surface area contributed by atoms with Gasteiger partial charge in [0.1, 0.15) is 0 Å². The molecule has 13 heavy (non-hydrogen) atoms. The number of rotatable bonds is 3. The Kier molecular flexibility index (Phi) is 2.67. The van der Waals surface area contributed by atoms with Gasteiger partial charge in [0.2, 0.25) is 0 Å². The Balaban J connectivity index is 1.80. The van der Waals surface area contributed by atoms with E-state index in [4.69, 9.17) is 0 Å². The molecule has 0 heteroatoms. The molecule has 0 heterocycles. The largest absolute Gasteiger partial charge is 0.0594 e. The van der Waals surface area contributed by atoms with E-state index >= 15 is 0 Å². The third-order valence-electron chi connectivity index (χ3n) is 4.04. The van der Waals surface area contributed by atoms with E-state index in [9.17, 15) is 0 Å². The average Bonchev–Trinajstić information content (AvgIpc) is 2.87. The van der Waals surface area contributed by atoms with Crippen LogP contribution in [-0.2, 0) is 0 Å². The molecular weight excluding hydrogens is 156 g/mol. The lowest BCUT2D eigenvalue weighted by molar-refractivity contribution is 0.222. The van der Waals surface area contributed by atoms with E-state index in [2.05, 4.69) is 13.8 Å². The predicted molar refractivity (Wildman–Crippen MR) is 57.4 cm³/mol. The van der Waals surface area contributed by atoms with Gasteiger partial charge in [-0.1, -0.05) is 39.0 Å². The molecule has 0 amide bonds. The Labute approximate surface area is 83.1 Å². The van der Waals surface area contributed by atoms with Crippen LogP contribution in [0.25, 0.3) is 0 Å². The predicted octanol–water partition coefficient (Wildman–Crippen LogP) is 4.21. The molecular formula is C13H23. The van der Waals surface area contributed by atoms with Crippen molar-refractivity contribution < 1.29 is 0 Å². The van der Waals surface area contributed by atoms with E-state index in [-0.39, 0.29) is 0 Å². The van der Waals surface area contributed by atoms with Crippen molar-refractivity contribution in [1.82, 2.24) is 0 Å². The monoisotopic (exact) mass is 179 g/mol. The van der Waals surface area contributed by atoms with Crippen molar-refractivity contribution in [2.24, 2.45) is 17.3 Å². The number of hydrogen-bond donors (Lipinski definition) is 0. The van der Waals surface area contributed by atoms with Crippen molar-refractivity contribution in [2.45, 2.75) is 58.3 Å². The van der Waals surface area contributed by atoms with Crippen LogP contribution in [-0.4, -0.2) is 0 Å². The summed E-state index contributed by atoms with van der Waals surface area (Å²) in [5.74, 6) is 1.98. The standard InChI is InChI=1S/C13H23/c1-13(2,12-8-9-12)10-11-6-4-3-5-7-11/h11-12H,1,3-10H2,2H3. The van der Waals surface area contributed by atoms with Crippen LogP contribution in [0.4, 0.5) is 0 Å². The fraction of sp³-hybridized carbons (Fsp3) is 0.923. The van der Waals surface area contributed by atoms with Crippen molar-refractivity contribution in [2.75, 3.05) is 0 Å². The molecule has 0 aliphatic heterocycles. The van der Waals surface area contributed by atoms with E-state index in [0.717, 1.165) is 11.8 Å². The molecule has 0 nitrogen and oxygen atoms in total. The zero-order valence-electron chi connectivity index (χ0n) is 9.02. The van der Waals surface area contributed by atoms with Crippen molar-refractivity contribution in [3.63, 3.8) is 0 Å². The van der Waals surface area contributed by atoms with Crippen molar-refractivity contribution in [3.05, 3.63) is 6.92 Å². The maximum Gasteiger partial charge on any atom is -0.0295 e. The average molecular weight is 179 g/mol. The highest BCUT2D eigenvalue weighted by atomic mass is 14.4. The fourth-order valence-electron chi connectivity index (χ4n) is 3.00. The summed E-state index contributed by atoms with van der Waals surface area (Å²) >= 11 is 0. The van der Waals surface area contributed by atoms with Crippen LogP contribution in [0.2, 0.25) is 0 Å². The summed E-state index contributed by atoms with van der Waals surface area (Å²) in [7, 11) is 0. The molecule has 1 radical (unpaired) electrons. The van der Waals surface area contributed by atoms with E-state index in [1.807, 2.05) is 0 Å². The third kappa shape index (κ3) is 2.48. The van der Waals surface area contributed by atoms with Crippen molar-refractivity contribution >= 4 is 0 Å². The van der Waals surface area contributed by atoms with Gasteiger partial charge in [-0.25, -0.2) is 0 Å². The van der Waals surface area contributed by atoms with Crippen molar-refractivity contribution in [1.29, 1.82) is 0 Å². The molecule has 2 rings (SSSR count). The van der Waals surface area contributed by atoms with Gasteiger partial charge in [-0.3, -0.25) is 0 Å². The normalized spacial score (nSPS) is 26.3. The second kappa shape index (κ2) is 3.63. The Morgan fingerprint density at radius 3 is 2.23 bits per heavy atom. The van der Waals surface area contributed by atoms with Gasteiger partial charge in [-0.15, -0.1) is 0 Å². The van der Waals surface area contributed by atoms with Crippen LogP contribution in [0.5, 0.6) is 0 Å². The van der Waals surface area contributed by atoms with E-state index in [0.29, 0.717) is 5.41 Å². The Hall–Kier alpha value is 0. The van der Waals surface area contributed by atoms with Crippen LogP contribution < -0.4 is 0 Å². The van der Waals surface area contributed by atoms with Crippen LogP contribution in [0.3, 0.4) is 0 Å². The molecule has 0 aromatic heterocycles. The maximum atomic E-state index is 4.43. The highest BCUT2D eigenvalue weighted by molar-refractivity contribution is 4.94. The van der Waals surface area contributed by atoms with Gasteiger partial charge >= 0.3 is 0 Å². The summed E-state index contributed by atoms with van der Waals surface area (Å²) in [6, 6.07) is 0. The summed E-state index contributed by atoms with van der Waals surface area (Å²) in [6.45, 7) is 6.81. The summed E-state index contributed by atoms with van der Waals surface area (Å²) < 4.78 is 0. The Bertz CT molecular complexity index is 159. The van der Waals surface area contributed by atoms with Crippen LogP contribution in [0.15, 0.2) is 0 Å². The minimum absolute atomic E-state index is 0.419. The molecule has 1 unspecified atom stereocenters. The van der Waals surface area contributed by atoms with Gasteiger partial charge < -0.3 is 0 Å². The summed E-state index contributed by atoms with van der Waals surface area (Å²) in [6.07, 6.45) is 11.7. The van der Waals surface area contributed by atoms with Crippen LogP contribution >= 0.6 is 0 Å². The minimum atomic E-state index is 0.419. The lowest BCUT2D eigenvalue weighted by atomic mass is 9.74. The molecule has 0 spiro atoms. The molecule has 0 bridgehead atoms. The summed E-state index contributed by atoms with van der Waals surface area (Å²) in [5, 5.41) is 0. The second-order valence-corrected chi connectivity index (χ2v) is 5.64. The topological polar surface area (TPSA) is 0 Å². The lowest BCUT2D eigenvalue weighted by Crippen LogP contribution is -2.21. The van der Waals surface area contributed by atoms with E-state index in [1.165, 1.54) is 51.4 Å². The molecule has 2 aliphatic carbocycles. The highest BCUT2D eigenvalue weighted by Gasteiger charge is 2.39. The van der Waals surface area contributed by atoms with Gasteiger partial charge in [-0.2, -0.15) is 0 Å². The summed E-state index contributed by atoms with van der Waals surface area (Å²) in [5.41, 5.74) is 0.419. The quantitative estimate of drug-likeness (QED) is 0.609. The lowest BCUT2D eigenvalue weighted by Gasteiger charge is -2.31. The molecule has 0 aromatic rings. The molecule has 75 valence electrons. The summed E-state index contributed by atoms with van der Waals surface area (Å²) in [4.78, 5) is 0. The molecule has 2 fully saturated rings. The van der Waals surface area contributed by atoms with Crippen molar-refractivity contribution in [3.8, 4) is 0 Å². The first kappa shape index (κ1) is 9.55. The van der Waals surface area contributed by atoms with Crippen LogP contribution in [0.1, 0.15) is 58.3 Å². The smallest absolute Gasteiger partial charge is 0.0295 e. The van der Waals surface area contributed by atoms with E-state index in [1.54, 1.807) is 0 Å². The van der Waals surface area contributed by atoms with Gasteiger partial charge in [0, 0.05) is 0 Å². The van der Waals surface area contributed by atoms with Crippen LogP contribution in [0, 0.1) is 24.2 Å². The SMILES string of the molecule is [CH2]C(C)(CC1CCCCC1)C1CC1. The number of hydrogen-bond acceptors (Lipinski definition) is 0. The minimum Gasteiger partial charge on any atom is -0.0594 e. The maximum absolute atomic E-state index is 4.43. The zero-order chi connectivity index (χ0) is 9.31. The highest BCUT2D eigenvalue weighted by Crippen LogP contribution is 2.49. The fourth-order valence-corrected chi connectivity index (χ4v) is 3.00. The first-order valence-electron chi connectivity index (χ1n) is 6.04. The van der Waals surface area contributed by atoms with Gasteiger partial charge in [0.15, 0.2) is 0 Å². The first-order chi connectivity index (χ1) is 6.18. The van der Waals surface area contributed by atoms with Gasteiger partial charge in [-0.05, 0) is 43.4 Å². The molecule has 2 aliphatic rings. The molecule has 1 atom stereocenters. The molecule has 2 saturated carbocycles. The molecule has 0 aromatic carbocycles.